The van der Waals surface area contributed by atoms with Gasteiger partial charge in [0.05, 0.1) is 17.8 Å². The molecule has 0 unspecified atom stereocenters. The molecule has 5 N–H and O–H groups in total. The van der Waals surface area contributed by atoms with Crippen LogP contribution in [0.3, 0.4) is 0 Å². The maximum absolute atomic E-state index is 14.1. The molecule has 0 aromatic heterocycles. The maximum atomic E-state index is 14.1. The second-order valence-electron chi connectivity index (χ2n) is 9.41. The number of rotatable bonds is 10. The van der Waals surface area contributed by atoms with Crippen molar-refractivity contribution in [2.75, 3.05) is 24.5 Å². The third kappa shape index (κ3) is 8.32. The Balaban J connectivity index is 1.87. The fourth-order valence-corrected chi connectivity index (χ4v) is 4.30. The third-order valence-corrected chi connectivity index (χ3v) is 6.44. The van der Waals surface area contributed by atoms with Crippen molar-refractivity contribution in [3.63, 3.8) is 0 Å². The van der Waals surface area contributed by atoms with Gasteiger partial charge in [-0.15, -0.1) is 0 Å². The number of hydrogen-bond donors (Lipinski definition) is 4. The number of carbonyl (C=O) groups is 2. The van der Waals surface area contributed by atoms with Crippen LogP contribution in [0.4, 0.5) is 18.9 Å². The van der Waals surface area contributed by atoms with Gasteiger partial charge in [-0.2, -0.15) is 13.2 Å². The van der Waals surface area contributed by atoms with E-state index in [0.717, 1.165) is 11.0 Å². The van der Waals surface area contributed by atoms with Crippen LogP contribution < -0.4 is 15.4 Å². The second kappa shape index (κ2) is 13.1. The van der Waals surface area contributed by atoms with Gasteiger partial charge in [-0.25, -0.2) is 0 Å². The molecule has 1 saturated heterocycles. The molecule has 9 nitrogen and oxygen atoms in total. The molecule has 2 aromatic rings. The number of amidine groups is 2. The van der Waals surface area contributed by atoms with Crippen LogP contribution >= 0.6 is 0 Å². The number of likely N-dealkylation sites (tertiary alicyclic amines) is 1. The van der Waals surface area contributed by atoms with Crippen molar-refractivity contribution in [2.24, 2.45) is 5.73 Å². The lowest BCUT2D eigenvalue weighted by Gasteiger charge is -2.33. The first-order valence-electron chi connectivity index (χ1n) is 12.7. The van der Waals surface area contributed by atoms with Crippen molar-refractivity contribution in [3.05, 3.63) is 65.2 Å². The number of amides is 1. The van der Waals surface area contributed by atoms with Gasteiger partial charge in [-0.1, -0.05) is 30.4 Å². The number of benzene rings is 2. The lowest BCUT2D eigenvalue weighted by Crippen LogP contribution is -2.40. The minimum Gasteiger partial charge on any atom is -0.490 e. The van der Waals surface area contributed by atoms with Crippen LogP contribution in [0.2, 0.25) is 0 Å². The Kier molecular flexibility index (Phi) is 9.92. The summed E-state index contributed by atoms with van der Waals surface area (Å²) in [6, 6.07) is 10.1. The predicted octanol–water partition coefficient (Wildman–Crippen LogP) is 4.74. The number of alkyl halides is 3. The number of nitrogen functional groups attached to an aromatic ring is 1. The topological polar surface area (TPSA) is 144 Å². The highest BCUT2D eigenvalue weighted by Crippen LogP contribution is 2.39. The first-order chi connectivity index (χ1) is 18.8. The van der Waals surface area contributed by atoms with E-state index in [2.05, 4.69) is 0 Å². The number of halogens is 3. The lowest BCUT2D eigenvalue weighted by atomic mass is 10.1. The monoisotopic (exact) mass is 559 g/mol. The number of anilines is 1. The van der Waals surface area contributed by atoms with Crippen LogP contribution in [0, 0.1) is 10.8 Å². The van der Waals surface area contributed by atoms with Gasteiger partial charge < -0.3 is 25.4 Å². The average Bonchev–Trinajstić information content (AvgIpc) is 2.90. The maximum Gasteiger partial charge on any atom is 0.420 e. The summed E-state index contributed by atoms with van der Waals surface area (Å²) in [5, 5.41) is 24.3. The number of nitrogens with one attached hydrogen (secondary N) is 2. The number of hydrogen-bond acceptors (Lipinski definition) is 5. The van der Waals surface area contributed by atoms with E-state index in [1.54, 1.807) is 43.3 Å². The van der Waals surface area contributed by atoms with E-state index in [-0.39, 0.29) is 23.8 Å². The molecule has 1 aliphatic heterocycles. The third-order valence-electron chi connectivity index (χ3n) is 6.44. The molecule has 12 heteroatoms. The predicted molar refractivity (Wildman–Crippen MR) is 146 cm³/mol. The van der Waals surface area contributed by atoms with Crippen LogP contribution in [-0.4, -0.2) is 59.3 Å². The van der Waals surface area contributed by atoms with Crippen molar-refractivity contribution < 1.29 is 32.6 Å². The summed E-state index contributed by atoms with van der Waals surface area (Å²) in [6.07, 6.45) is -1.96. The molecule has 40 heavy (non-hydrogen) atoms. The van der Waals surface area contributed by atoms with Gasteiger partial charge in [0.1, 0.15) is 17.7 Å². The molecule has 1 aliphatic rings. The largest absolute Gasteiger partial charge is 0.490 e. The Morgan fingerprint density at radius 3 is 2.45 bits per heavy atom. The minimum absolute atomic E-state index is 0.0496. The Hall–Kier alpha value is -4.35. The Labute approximate surface area is 230 Å². The average molecular weight is 560 g/mol. The number of carbonyl (C=O) groups excluding carboxylic acids is 1. The molecule has 1 fully saturated rings. The number of nitrogens with zero attached hydrogens (tertiary/aromatic N) is 2. The van der Waals surface area contributed by atoms with E-state index >= 15 is 0 Å². The number of nitrogens with two attached hydrogens (primary N) is 1. The summed E-state index contributed by atoms with van der Waals surface area (Å²) in [7, 11) is 0. The van der Waals surface area contributed by atoms with Gasteiger partial charge in [0, 0.05) is 50.1 Å². The lowest BCUT2D eigenvalue weighted by molar-refractivity contribution is -0.139. The summed E-state index contributed by atoms with van der Waals surface area (Å²) in [5.41, 5.74) is 5.58. The second-order valence-corrected chi connectivity index (χ2v) is 9.41. The molecule has 0 spiro atoms. The van der Waals surface area contributed by atoms with E-state index in [0.29, 0.717) is 42.9 Å². The molecule has 0 aliphatic carbocycles. The Morgan fingerprint density at radius 2 is 1.85 bits per heavy atom. The van der Waals surface area contributed by atoms with Gasteiger partial charge >= 0.3 is 12.1 Å². The first kappa shape index (κ1) is 30.2. The highest BCUT2D eigenvalue weighted by molar-refractivity contribution is 5.96. The summed E-state index contributed by atoms with van der Waals surface area (Å²) in [5.74, 6) is -1.93. The van der Waals surface area contributed by atoms with Crippen molar-refractivity contribution in [2.45, 2.75) is 44.9 Å². The Morgan fingerprint density at radius 1 is 1.15 bits per heavy atom. The zero-order valence-corrected chi connectivity index (χ0v) is 22.0. The molecule has 0 bridgehead atoms. The molecule has 3 rings (SSSR count). The number of piperidine rings is 1. The number of carboxylic acid groups (broad SMARTS) is 1. The van der Waals surface area contributed by atoms with Gasteiger partial charge in [0.2, 0.25) is 5.91 Å². The smallest absolute Gasteiger partial charge is 0.420 e. The van der Waals surface area contributed by atoms with E-state index in [4.69, 9.17) is 26.4 Å². The number of carboxylic acids is 1. The van der Waals surface area contributed by atoms with E-state index in [9.17, 15) is 22.8 Å². The zero-order valence-electron chi connectivity index (χ0n) is 22.0. The van der Waals surface area contributed by atoms with Crippen LogP contribution in [0.1, 0.15) is 49.3 Å². The molecule has 0 atom stereocenters. The minimum atomic E-state index is -4.77. The summed E-state index contributed by atoms with van der Waals surface area (Å²) in [6.45, 7) is 2.55. The Bertz CT molecular complexity index is 1290. The SMILES string of the molecule is CC(=N)N1CCC(Oc2ccc(N(C/C=C/c3cccc(C(=N)N)c3)C(=O)CCC(=O)O)cc2C(F)(F)F)CC1. The molecule has 1 amide bonds. The first-order valence-corrected chi connectivity index (χ1v) is 12.7. The normalized spacial score (nSPS) is 14.2. The van der Waals surface area contributed by atoms with Crippen LogP contribution in [-0.2, 0) is 15.8 Å². The van der Waals surface area contributed by atoms with Gasteiger partial charge in [0.25, 0.3) is 0 Å². The van der Waals surface area contributed by atoms with Crippen molar-refractivity contribution in [1.29, 1.82) is 10.8 Å². The number of aliphatic carboxylic acids is 1. The van der Waals surface area contributed by atoms with Crippen molar-refractivity contribution in [3.8, 4) is 5.75 Å². The summed E-state index contributed by atoms with van der Waals surface area (Å²) < 4.78 is 48.1. The zero-order chi connectivity index (χ0) is 29.4. The summed E-state index contributed by atoms with van der Waals surface area (Å²) >= 11 is 0. The molecular weight excluding hydrogens is 527 g/mol. The molecule has 1 heterocycles. The van der Waals surface area contributed by atoms with E-state index < -0.39 is 42.6 Å². The summed E-state index contributed by atoms with van der Waals surface area (Å²) in [4.78, 5) is 26.9. The standard InChI is InChI=1S/C28H32F3N5O4/c1-18(32)35-14-11-22(12-15-35)40-24-8-7-21(17-23(24)28(29,30)31)36(25(37)9-10-26(38)39)13-3-5-19-4-2-6-20(16-19)27(33)34/h2-8,16-17,22,32H,9-15H2,1H3,(H3,33,34)(H,38,39)/b5-3+,32-18?. The van der Waals surface area contributed by atoms with Gasteiger partial charge in [-0.05, 0) is 36.8 Å². The van der Waals surface area contributed by atoms with Crippen molar-refractivity contribution in [1.82, 2.24) is 4.90 Å². The molecule has 2 aromatic carbocycles. The fourth-order valence-electron chi connectivity index (χ4n) is 4.30. The quantitative estimate of drug-likeness (QED) is 0.245. The van der Waals surface area contributed by atoms with Crippen LogP contribution in [0.15, 0.2) is 48.5 Å². The van der Waals surface area contributed by atoms with Gasteiger partial charge in [0.15, 0.2) is 0 Å². The molecule has 214 valence electrons. The molecule has 0 radical (unpaired) electrons. The van der Waals surface area contributed by atoms with E-state index in [1.807, 2.05) is 4.90 Å². The van der Waals surface area contributed by atoms with Crippen LogP contribution in [0.5, 0.6) is 5.75 Å². The highest BCUT2D eigenvalue weighted by Gasteiger charge is 2.36. The molecular formula is C28H32F3N5O4. The van der Waals surface area contributed by atoms with Crippen molar-refractivity contribution >= 4 is 35.3 Å². The van der Waals surface area contributed by atoms with Crippen LogP contribution in [0.25, 0.3) is 6.08 Å². The number of ether oxygens (including phenoxy) is 1. The van der Waals surface area contributed by atoms with E-state index in [1.165, 1.54) is 12.1 Å². The highest BCUT2D eigenvalue weighted by atomic mass is 19.4. The van der Waals surface area contributed by atoms with Gasteiger partial charge in [-0.3, -0.25) is 20.4 Å². The fraction of sp³-hybridized carbons (Fsp3) is 0.357. The molecule has 0 saturated carbocycles.